The largest absolute Gasteiger partial charge is 0.0620 e. The van der Waals surface area contributed by atoms with Crippen LogP contribution in [-0.2, 0) is 6.42 Å². The second-order valence-electron chi connectivity index (χ2n) is 4.55. The molecule has 2 atom stereocenters. The van der Waals surface area contributed by atoms with Crippen LogP contribution < -0.4 is 0 Å². The molecule has 0 aliphatic heterocycles. The number of hydrogen-bond acceptors (Lipinski definition) is 0. The van der Waals surface area contributed by atoms with Crippen molar-refractivity contribution in [1.29, 1.82) is 0 Å². The van der Waals surface area contributed by atoms with E-state index in [4.69, 9.17) is 0 Å². The molecule has 0 bridgehead atoms. The Bertz CT molecular complexity index is 314. The third kappa shape index (κ3) is 1.12. The molecule has 2 aliphatic rings. The molecule has 0 N–H and O–H groups in total. The minimum absolute atomic E-state index is 0.921. The van der Waals surface area contributed by atoms with Crippen LogP contribution in [-0.4, -0.2) is 0 Å². The highest BCUT2D eigenvalue weighted by Gasteiger charge is 2.33. The Hall–Kier alpha value is -0.780. The fraction of sp³-hybridized carbons (Fsp3) is 0.538. The fourth-order valence-corrected chi connectivity index (χ4v) is 3.23. The van der Waals surface area contributed by atoms with E-state index < -0.39 is 0 Å². The van der Waals surface area contributed by atoms with E-state index in [0.717, 1.165) is 11.8 Å². The molecular weight excluding hydrogens is 156 g/mol. The van der Waals surface area contributed by atoms with E-state index in [1.165, 1.54) is 32.1 Å². The Labute approximate surface area is 80.0 Å². The van der Waals surface area contributed by atoms with Crippen LogP contribution in [0.2, 0.25) is 0 Å². The predicted molar refractivity (Wildman–Crippen MR) is 54.8 cm³/mol. The standard InChI is InChI=1S/C13H16/c1-3-7-12-10(5-1)9-11-6-2-4-8-13(11)12/h1,3,5,7,11,13H,2,4,6,8-9H2/t11-,13-/m1/s1. The van der Waals surface area contributed by atoms with Crippen molar-refractivity contribution >= 4 is 0 Å². The average Bonchev–Trinajstić information content (AvgIpc) is 2.56. The first-order chi connectivity index (χ1) is 6.45. The van der Waals surface area contributed by atoms with Gasteiger partial charge < -0.3 is 0 Å². The Morgan fingerprint density at radius 2 is 1.85 bits per heavy atom. The Morgan fingerprint density at radius 3 is 2.85 bits per heavy atom. The molecule has 1 fully saturated rings. The molecule has 0 heterocycles. The lowest BCUT2D eigenvalue weighted by Gasteiger charge is -2.25. The van der Waals surface area contributed by atoms with Gasteiger partial charge >= 0.3 is 0 Å². The third-order valence-corrected chi connectivity index (χ3v) is 3.85. The molecule has 68 valence electrons. The average molecular weight is 172 g/mol. The van der Waals surface area contributed by atoms with Crippen LogP contribution in [0.3, 0.4) is 0 Å². The zero-order chi connectivity index (χ0) is 8.67. The maximum Gasteiger partial charge on any atom is -0.0128 e. The molecular formula is C13H16. The van der Waals surface area contributed by atoms with Crippen molar-refractivity contribution < 1.29 is 0 Å². The van der Waals surface area contributed by atoms with Gasteiger partial charge in [-0.25, -0.2) is 0 Å². The van der Waals surface area contributed by atoms with E-state index in [-0.39, 0.29) is 0 Å². The van der Waals surface area contributed by atoms with Gasteiger partial charge in [-0.2, -0.15) is 0 Å². The molecule has 0 amide bonds. The lowest BCUT2D eigenvalue weighted by atomic mass is 9.80. The predicted octanol–water partition coefficient (Wildman–Crippen LogP) is 3.52. The van der Waals surface area contributed by atoms with Crippen LogP contribution in [0, 0.1) is 5.92 Å². The van der Waals surface area contributed by atoms with Gasteiger partial charge in [0.15, 0.2) is 0 Å². The molecule has 2 aliphatic carbocycles. The van der Waals surface area contributed by atoms with Gasteiger partial charge in [0.1, 0.15) is 0 Å². The van der Waals surface area contributed by atoms with E-state index in [2.05, 4.69) is 24.3 Å². The zero-order valence-corrected chi connectivity index (χ0v) is 8.00. The second kappa shape index (κ2) is 2.87. The first-order valence-electron chi connectivity index (χ1n) is 5.53. The molecule has 3 rings (SSSR count). The van der Waals surface area contributed by atoms with Gasteiger partial charge in [0.25, 0.3) is 0 Å². The number of hydrogen-bond donors (Lipinski definition) is 0. The van der Waals surface area contributed by atoms with Crippen molar-refractivity contribution in [3.63, 3.8) is 0 Å². The molecule has 0 unspecified atom stereocenters. The molecule has 0 saturated heterocycles. The van der Waals surface area contributed by atoms with Crippen molar-refractivity contribution in [2.45, 2.75) is 38.0 Å². The summed E-state index contributed by atoms with van der Waals surface area (Å²) in [7, 11) is 0. The van der Waals surface area contributed by atoms with Crippen LogP contribution >= 0.6 is 0 Å². The highest BCUT2D eigenvalue weighted by molar-refractivity contribution is 5.36. The summed E-state index contributed by atoms with van der Waals surface area (Å²) >= 11 is 0. The van der Waals surface area contributed by atoms with Crippen molar-refractivity contribution in [2.75, 3.05) is 0 Å². The summed E-state index contributed by atoms with van der Waals surface area (Å²) in [4.78, 5) is 0. The quantitative estimate of drug-likeness (QED) is 0.561. The maximum atomic E-state index is 2.35. The lowest BCUT2D eigenvalue weighted by molar-refractivity contribution is 0.330. The van der Waals surface area contributed by atoms with Gasteiger partial charge in [-0.15, -0.1) is 0 Å². The van der Waals surface area contributed by atoms with E-state index >= 15 is 0 Å². The fourth-order valence-electron chi connectivity index (χ4n) is 3.23. The van der Waals surface area contributed by atoms with E-state index in [1.807, 2.05) is 0 Å². The minimum atomic E-state index is 0.921. The smallest absolute Gasteiger partial charge is 0.0128 e. The summed E-state index contributed by atoms with van der Waals surface area (Å²) in [5, 5.41) is 0. The van der Waals surface area contributed by atoms with E-state index in [0.29, 0.717) is 0 Å². The maximum absolute atomic E-state index is 2.35. The minimum Gasteiger partial charge on any atom is -0.0620 e. The van der Waals surface area contributed by atoms with Gasteiger partial charge in [-0.05, 0) is 42.2 Å². The second-order valence-corrected chi connectivity index (χ2v) is 4.55. The summed E-state index contributed by atoms with van der Waals surface area (Å²) in [6.45, 7) is 0. The Morgan fingerprint density at radius 1 is 1.00 bits per heavy atom. The van der Waals surface area contributed by atoms with Crippen molar-refractivity contribution in [3.05, 3.63) is 35.4 Å². The first-order valence-corrected chi connectivity index (χ1v) is 5.53. The molecule has 1 aromatic rings. The molecule has 13 heavy (non-hydrogen) atoms. The number of fused-ring (bicyclic) bond motifs is 3. The first kappa shape index (κ1) is 7.61. The monoisotopic (exact) mass is 172 g/mol. The molecule has 1 saturated carbocycles. The highest BCUT2D eigenvalue weighted by Crippen LogP contribution is 2.46. The van der Waals surface area contributed by atoms with Crippen molar-refractivity contribution in [3.8, 4) is 0 Å². The van der Waals surface area contributed by atoms with Crippen LogP contribution in [0.4, 0.5) is 0 Å². The van der Waals surface area contributed by atoms with Gasteiger partial charge in [0, 0.05) is 0 Å². The van der Waals surface area contributed by atoms with Gasteiger partial charge in [0.05, 0.1) is 0 Å². The highest BCUT2D eigenvalue weighted by atomic mass is 14.4. The summed E-state index contributed by atoms with van der Waals surface area (Å²) in [5.74, 6) is 1.91. The molecule has 0 radical (unpaired) electrons. The number of benzene rings is 1. The van der Waals surface area contributed by atoms with Crippen molar-refractivity contribution in [1.82, 2.24) is 0 Å². The number of rotatable bonds is 0. The molecule has 1 aromatic carbocycles. The molecule has 0 spiro atoms. The normalized spacial score (nSPS) is 31.1. The van der Waals surface area contributed by atoms with Crippen LogP contribution in [0.5, 0.6) is 0 Å². The molecule has 0 heteroatoms. The molecule has 0 aromatic heterocycles. The topological polar surface area (TPSA) is 0 Å². The van der Waals surface area contributed by atoms with E-state index in [1.54, 1.807) is 11.1 Å². The van der Waals surface area contributed by atoms with Gasteiger partial charge in [-0.1, -0.05) is 37.1 Å². The zero-order valence-electron chi connectivity index (χ0n) is 8.00. The third-order valence-electron chi connectivity index (χ3n) is 3.85. The Kier molecular flexibility index (Phi) is 1.68. The van der Waals surface area contributed by atoms with Gasteiger partial charge in [0.2, 0.25) is 0 Å². The van der Waals surface area contributed by atoms with Crippen LogP contribution in [0.25, 0.3) is 0 Å². The lowest BCUT2D eigenvalue weighted by Crippen LogP contribution is -2.12. The van der Waals surface area contributed by atoms with E-state index in [9.17, 15) is 0 Å². The summed E-state index contributed by atoms with van der Waals surface area (Å²) in [5.41, 5.74) is 3.31. The molecule has 0 nitrogen and oxygen atoms in total. The van der Waals surface area contributed by atoms with Crippen molar-refractivity contribution in [2.24, 2.45) is 5.92 Å². The van der Waals surface area contributed by atoms with Crippen LogP contribution in [0.15, 0.2) is 24.3 Å². The summed E-state index contributed by atoms with van der Waals surface area (Å²) < 4.78 is 0. The SMILES string of the molecule is c1ccc2c(c1)C[C@H]1CCCC[C@@H]21. The summed E-state index contributed by atoms with van der Waals surface area (Å²) in [6.07, 6.45) is 7.20. The summed E-state index contributed by atoms with van der Waals surface area (Å²) in [6, 6.07) is 9.07. The van der Waals surface area contributed by atoms with Gasteiger partial charge in [-0.3, -0.25) is 0 Å². The Balaban J connectivity index is 2.01. The van der Waals surface area contributed by atoms with Crippen LogP contribution in [0.1, 0.15) is 42.7 Å².